The molecule has 0 aromatic carbocycles. The number of thiazole rings is 1. The number of aliphatic hydroxyl groups is 1. The zero-order chi connectivity index (χ0) is 14.7. The summed E-state index contributed by atoms with van der Waals surface area (Å²) in [5.41, 5.74) is 0.156. The molecule has 3 aromatic heterocycles. The molecule has 0 aliphatic heterocycles. The highest BCUT2D eigenvalue weighted by Crippen LogP contribution is 2.27. The second-order valence-electron chi connectivity index (χ2n) is 5.00. The van der Waals surface area contributed by atoms with E-state index in [-0.39, 0.29) is 0 Å². The molecular formula is C15H16N2O2S2. The Balaban J connectivity index is 1.56. The van der Waals surface area contributed by atoms with Crippen LogP contribution in [-0.2, 0) is 12.1 Å². The van der Waals surface area contributed by atoms with Crippen molar-refractivity contribution in [2.75, 3.05) is 6.54 Å². The predicted molar refractivity (Wildman–Crippen MR) is 85.4 cm³/mol. The van der Waals surface area contributed by atoms with Crippen LogP contribution in [0, 0.1) is 0 Å². The molecule has 0 saturated carbocycles. The first-order valence-electron chi connectivity index (χ1n) is 6.59. The van der Waals surface area contributed by atoms with Crippen molar-refractivity contribution in [3.63, 3.8) is 0 Å². The van der Waals surface area contributed by atoms with E-state index in [2.05, 4.69) is 27.1 Å². The highest BCUT2D eigenvalue weighted by Gasteiger charge is 2.25. The molecule has 0 aliphatic carbocycles. The summed E-state index contributed by atoms with van der Waals surface area (Å²) in [6.07, 6.45) is 3.45. The van der Waals surface area contributed by atoms with Gasteiger partial charge in [0.25, 0.3) is 0 Å². The molecule has 110 valence electrons. The van der Waals surface area contributed by atoms with Gasteiger partial charge in [0.1, 0.15) is 16.4 Å². The van der Waals surface area contributed by atoms with Crippen LogP contribution >= 0.6 is 22.7 Å². The van der Waals surface area contributed by atoms with Crippen LogP contribution in [0.5, 0.6) is 0 Å². The van der Waals surface area contributed by atoms with Gasteiger partial charge >= 0.3 is 0 Å². The van der Waals surface area contributed by atoms with Gasteiger partial charge in [-0.25, -0.2) is 4.98 Å². The molecule has 0 spiro atoms. The third-order valence-corrected chi connectivity index (χ3v) is 4.87. The highest BCUT2D eigenvalue weighted by atomic mass is 32.1. The third-order valence-electron chi connectivity index (χ3n) is 3.14. The molecule has 0 amide bonds. The Kier molecular flexibility index (Phi) is 4.21. The van der Waals surface area contributed by atoms with E-state index in [9.17, 15) is 5.11 Å². The smallest absolute Gasteiger partial charge is 0.136 e. The molecule has 3 heterocycles. The molecular weight excluding hydrogens is 304 g/mol. The third kappa shape index (κ3) is 3.41. The van der Waals surface area contributed by atoms with Crippen molar-refractivity contribution in [1.29, 1.82) is 0 Å². The Hall–Kier alpha value is -1.47. The second kappa shape index (κ2) is 6.11. The molecule has 6 heteroatoms. The molecule has 0 saturated heterocycles. The summed E-state index contributed by atoms with van der Waals surface area (Å²) in [6.45, 7) is 2.84. The summed E-state index contributed by atoms with van der Waals surface area (Å²) in [7, 11) is 0. The molecule has 0 fully saturated rings. The van der Waals surface area contributed by atoms with Gasteiger partial charge in [-0.15, -0.1) is 11.3 Å². The van der Waals surface area contributed by atoms with Crippen LogP contribution in [0.3, 0.4) is 0 Å². The number of rotatable bonds is 6. The van der Waals surface area contributed by atoms with E-state index in [0.717, 1.165) is 9.88 Å². The summed E-state index contributed by atoms with van der Waals surface area (Å²) < 4.78 is 5.26. The van der Waals surface area contributed by atoms with Crippen molar-refractivity contribution >= 4 is 22.7 Å². The van der Waals surface area contributed by atoms with Crippen LogP contribution in [0.25, 0.3) is 10.6 Å². The molecule has 1 unspecified atom stereocenters. The first kappa shape index (κ1) is 14.5. The predicted octanol–water partition coefficient (Wildman–Crippen LogP) is 3.46. The molecule has 3 aromatic rings. The van der Waals surface area contributed by atoms with Crippen molar-refractivity contribution in [1.82, 2.24) is 10.3 Å². The number of nitrogens with one attached hydrogen (secondary N) is 1. The fourth-order valence-electron chi connectivity index (χ4n) is 2.01. The van der Waals surface area contributed by atoms with Crippen LogP contribution in [0.1, 0.15) is 17.6 Å². The quantitative estimate of drug-likeness (QED) is 0.730. The molecule has 21 heavy (non-hydrogen) atoms. The summed E-state index contributed by atoms with van der Waals surface area (Å²) in [4.78, 5) is 5.57. The van der Waals surface area contributed by atoms with Crippen LogP contribution in [-0.4, -0.2) is 16.6 Å². The van der Waals surface area contributed by atoms with Gasteiger partial charge < -0.3 is 14.8 Å². The average Bonchev–Trinajstić information content (AvgIpc) is 3.20. The van der Waals surface area contributed by atoms with Gasteiger partial charge in [-0.3, -0.25) is 0 Å². The van der Waals surface area contributed by atoms with Crippen molar-refractivity contribution in [2.24, 2.45) is 0 Å². The number of nitrogens with zero attached hydrogens (tertiary/aromatic N) is 1. The van der Waals surface area contributed by atoms with Gasteiger partial charge in [-0.05, 0) is 30.5 Å². The fraction of sp³-hybridized carbons (Fsp3) is 0.267. The van der Waals surface area contributed by atoms with Crippen molar-refractivity contribution in [3.05, 3.63) is 52.1 Å². The number of thiophene rings is 1. The van der Waals surface area contributed by atoms with E-state index in [4.69, 9.17) is 4.42 Å². The molecule has 4 nitrogen and oxygen atoms in total. The normalized spacial score (nSPS) is 14.2. The van der Waals surface area contributed by atoms with E-state index in [1.807, 2.05) is 6.20 Å². The molecule has 1 atom stereocenters. The van der Waals surface area contributed by atoms with Crippen LogP contribution in [0.15, 0.2) is 45.8 Å². The SMILES string of the molecule is CC(O)(CNCc1cnc(-c2ccsc2)s1)c1ccco1. The van der Waals surface area contributed by atoms with E-state index in [1.54, 1.807) is 48.0 Å². The van der Waals surface area contributed by atoms with E-state index in [1.165, 1.54) is 5.56 Å². The molecule has 0 radical (unpaired) electrons. The van der Waals surface area contributed by atoms with Crippen LogP contribution in [0.2, 0.25) is 0 Å². The lowest BCUT2D eigenvalue weighted by Gasteiger charge is -2.20. The van der Waals surface area contributed by atoms with Crippen molar-refractivity contribution in [3.8, 4) is 10.6 Å². The summed E-state index contributed by atoms with van der Waals surface area (Å²) in [5.74, 6) is 0.568. The van der Waals surface area contributed by atoms with Crippen molar-refractivity contribution < 1.29 is 9.52 Å². The molecule has 2 N–H and O–H groups in total. The van der Waals surface area contributed by atoms with Gasteiger partial charge in [0.05, 0.1) is 6.26 Å². The minimum absolute atomic E-state index is 0.423. The van der Waals surface area contributed by atoms with E-state index >= 15 is 0 Å². The lowest BCUT2D eigenvalue weighted by Crippen LogP contribution is -2.34. The summed E-state index contributed by atoms with van der Waals surface area (Å²) in [6, 6.07) is 5.63. The second-order valence-corrected chi connectivity index (χ2v) is 6.89. The van der Waals surface area contributed by atoms with E-state index in [0.29, 0.717) is 18.8 Å². The number of hydrogen-bond donors (Lipinski definition) is 2. The maximum atomic E-state index is 10.3. The standard InChI is InChI=1S/C15H16N2O2S2/c1-15(18,13-3-2-5-19-13)10-16-7-12-8-17-14(21-12)11-4-6-20-9-11/h2-6,8-9,16,18H,7,10H2,1H3. The molecule has 0 aliphatic rings. The highest BCUT2D eigenvalue weighted by molar-refractivity contribution is 7.15. The number of furan rings is 1. The van der Waals surface area contributed by atoms with Gasteiger partial charge in [-0.2, -0.15) is 11.3 Å². The Morgan fingerprint density at radius 3 is 3.05 bits per heavy atom. The van der Waals surface area contributed by atoms with E-state index < -0.39 is 5.60 Å². The van der Waals surface area contributed by atoms with Gasteiger partial charge in [0.15, 0.2) is 0 Å². The first-order chi connectivity index (χ1) is 10.1. The maximum absolute atomic E-state index is 10.3. The molecule has 3 rings (SSSR count). The minimum Gasteiger partial charge on any atom is -0.466 e. The van der Waals surface area contributed by atoms with Crippen LogP contribution in [0.4, 0.5) is 0 Å². The average molecular weight is 320 g/mol. The topological polar surface area (TPSA) is 58.3 Å². The van der Waals surface area contributed by atoms with Gasteiger partial charge in [-0.1, -0.05) is 0 Å². The van der Waals surface area contributed by atoms with Crippen LogP contribution < -0.4 is 5.32 Å². The Morgan fingerprint density at radius 1 is 1.43 bits per heavy atom. The zero-order valence-electron chi connectivity index (χ0n) is 11.6. The summed E-state index contributed by atoms with van der Waals surface area (Å²) in [5, 5.41) is 18.8. The number of hydrogen-bond acceptors (Lipinski definition) is 6. The van der Waals surface area contributed by atoms with Gasteiger partial charge in [0, 0.05) is 35.1 Å². The lowest BCUT2D eigenvalue weighted by molar-refractivity contribution is 0.0341. The Labute approximate surface area is 131 Å². The summed E-state index contributed by atoms with van der Waals surface area (Å²) >= 11 is 3.34. The monoisotopic (exact) mass is 320 g/mol. The van der Waals surface area contributed by atoms with Gasteiger partial charge in [0.2, 0.25) is 0 Å². The first-order valence-corrected chi connectivity index (χ1v) is 8.35. The Morgan fingerprint density at radius 2 is 2.33 bits per heavy atom. The largest absolute Gasteiger partial charge is 0.466 e. The zero-order valence-corrected chi connectivity index (χ0v) is 13.2. The fourth-order valence-corrected chi connectivity index (χ4v) is 3.60. The Bertz CT molecular complexity index is 672. The molecule has 0 bridgehead atoms. The maximum Gasteiger partial charge on any atom is 0.136 e. The lowest BCUT2D eigenvalue weighted by atomic mass is 10.0. The minimum atomic E-state index is -1.01. The number of aromatic nitrogens is 1. The van der Waals surface area contributed by atoms with Crippen molar-refractivity contribution in [2.45, 2.75) is 19.1 Å².